The quantitative estimate of drug-likeness (QED) is 0.763. The van der Waals surface area contributed by atoms with Crippen LogP contribution in [0.15, 0.2) is 48.9 Å². The zero-order valence-corrected chi connectivity index (χ0v) is 15.0. The van der Waals surface area contributed by atoms with Crippen molar-refractivity contribution in [2.75, 3.05) is 36.5 Å². The number of carbonyl (C=O) groups is 1. The van der Waals surface area contributed by atoms with Crippen LogP contribution >= 0.6 is 0 Å². The molecule has 0 spiro atoms. The molecule has 0 radical (unpaired) electrons. The predicted octanol–water partition coefficient (Wildman–Crippen LogP) is 2.06. The van der Waals surface area contributed by atoms with Gasteiger partial charge in [-0.15, -0.1) is 0 Å². The van der Waals surface area contributed by atoms with Crippen LogP contribution in [-0.4, -0.2) is 52.0 Å². The van der Waals surface area contributed by atoms with Gasteiger partial charge in [0, 0.05) is 19.2 Å². The zero-order chi connectivity index (χ0) is 18.6. The van der Waals surface area contributed by atoms with E-state index in [2.05, 4.69) is 25.3 Å². The zero-order valence-electron chi connectivity index (χ0n) is 15.0. The smallest absolute Gasteiger partial charge is 0.260 e. The number of nitrogens with one attached hydrogen (secondary N) is 1. The molecule has 0 aliphatic carbocycles. The van der Waals surface area contributed by atoms with Gasteiger partial charge in [0.1, 0.15) is 18.0 Å². The Balaban J connectivity index is 1.52. The van der Waals surface area contributed by atoms with E-state index < -0.39 is 0 Å². The summed E-state index contributed by atoms with van der Waals surface area (Å²) in [5.41, 5.74) is 2.18. The Kier molecular flexibility index (Phi) is 4.80. The van der Waals surface area contributed by atoms with Gasteiger partial charge in [-0.3, -0.25) is 4.79 Å². The van der Waals surface area contributed by atoms with Crippen LogP contribution in [0.1, 0.15) is 16.1 Å². The Morgan fingerprint density at radius 3 is 2.70 bits per heavy atom. The van der Waals surface area contributed by atoms with Crippen LogP contribution in [-0.2, 0) is 4.74 Å². The summed E-state index contributed by atoms with van der Waals surface area (Å²) in [6.07, 6.45) is 3.03. The molecule has 0 saturated carbocycles. The number of carbonyl (C=O) groups excluding carboxylic acids is 1. The maximum atomic E-state index is 12.7. The van der Waals surface area contributed by atoms with Crippen molar-refractivity contribution in [1.82, 2.24) is 19.7 Å². The second-order valence-electron chi connectivity index (χ2n) is 6.21. The summed E-state index contributed by atoms with van der Waals surface area (Å²) in [5, 5.41) is 7.18. The molecule has 138 valence electrons. The molecule has 3 heterocycles. The van der Waals surface area contributed by atoms with Crippen molar-refractivity contribution in [2.45, 2.75) is 6.92 Å². The molecular formula is C19H20N6O2. The fourth-order valence-electron chi connectivity index (χ4n) is 3.03. The van der Waals surface area contributed by atoms with E-state index in [1.165, 1.54) is 6.33 Å². The highest BCUT2D eigenvalue weighted by atomic mass is 16.5. The number of anilines is 2. The number of benzene rings is 1. The molecule has 1 saturated heterocycles. The molecule has 0 atom stereocenters. The van der Waals surface area contributed by atoms with Crippen molar-refractivity contribution in [1.29, 1.82) is 0 Å². The van der Waals surface area contributed by atoms with E-state index in [-0.39, 0.29) is 5.91 Å². The minimum absolute atomic E-state index is 0.249. The lowest BCUT2D eigenvalue weighted by Crippen LogP contribution is -2.36. The molecule has 1 aromatic carbocycles. The SMILES string of the molecule is Cc1c(C(=O)Nc2cc(N3CCOCC3)ncn2)cnn1-c1ccccc1. The molecule has 1 N–H and O–H groups in total. The van der Waals surface area contributed by atoms with Gasteiger partial charge in [-0.2, -0.15) is 5.10 Å². The van der Waals surface area contributed by atoms with E-state index in [0.29, 0.717) is 24.6 Å². The van der Waals surface area contributed by atoms with Crippen LogP contribution in [0, 0.1) is 6.92 Å². The Hall–Kier alpha value is -3.26. The molecule has 4 rings (SSSR count). The number of morpholine rings is 1. The van der Waals surface area contributed by atoms with Gasteiger partial charge in [-0.25, -0.2) is 14.6 Å². The Morgan fingerprint density at radius 1 is 1.15 bits per heavy atom. The second-order valence-corrected chi connectivity index (χ2v) is 6.21. The van der Waals surface area contributed by atoms with Crippen LogP contribution in [0.2, 0.25) is 0 Å². The molecule has 27 heavy (non-hydrogen) atoms. The maximum Gasteiger partial charge on any atom is 0.260 e. The molecule has 1 amide bonds. The van der Waals surface area contributed by atoms with E-state index in [1.54, 1.807) is 16.9 Å². The van der Waals surface area contributed by atoms with Crippen LogP contribution in [0.3, 0.4) is 0 Å². The number of nitrogens with zero attached hydrogens (tertiary/aromatic N) is 5. The predicted molar refractivity (Wildman–Crippen MR) is 101 cm³/mol. The molecule has 0 unspecified atom stereocenters. The van der Waals surface area contributed by atoms with Crippen LogP contribution in [0.4, 0.5) is 11.6 Å². The largest absolute Gasteiger partial charge is 0.378 e. The number of para-hydroxylation sites is 1. The average Bonchev–Trinajstić information content (AvgIpc) is 3.11. The Labute approximate surface area is 156 Å². The van der Waals surface area contributed by atoms with Crippen molar-refractivity contribution < 1.29 is 9.53 Å². The first-order valence-electron chi connectivity index (χ1n) is 8.78. The van der Waals surface area contributed by atoms with Gasteiger partial charge in [0.25, 0.3) is 5.91 Å². The van der Waals surface area contributed by atoms with Gasteiger partial charge in [-0.1, -0.05) is 18.2 Å². The standard InChI is InChI=1S/C19H20N6O2/c1-14-16(12-22-25(14)15-5-3-2-4-6-15)19(26)23-17-11-18(21-13-20-17)24-7-9-27-10-8-24/h2-6,11-13H,7-10H2,1H3,(H,20,21,23,26). The second kappa shape index (κ2) is 7.55. The van der Waals surface area contributed by atoms with Gasteiger partial charge in [0.05, 0.1) is 36.4 Å². The Bertz CT molecular complexity index is 934. The number of aromatic nitrogens is 4. The minimum Gasteiger partial charge on any atom is -0.378 e. The summed E-state index contributed by atoms with van der Waals surface area (Å²) in [5.74, 6) is 0.991. The van der Waals surface area contributed by atoms with Crippen molar-refractivity contribution in [3.05, 3.63) is 60.2 Å². The molecule has 3 aromatic rings. The molecule has 1 aliphatic heterocycles. The van der Waals surface area contributed by atoms with Crippen LogP contribution in [0.25, 0.3) is 5.69 Å². The highest BCUT2D eigenvalue weighted by molar-refractivity contribution is 6.04. The van der Waals surface area contributed by atoms with Crippen molar-refractivity contribution in [3.63, 3.8) is 0 Å². The van der Waals surface area contributed by atoms with Gasteiger partial charge in [-0.05, 0) is 19.1 Å². The molecule has 2 aromatic heterocycles. The number of amides is 1. The Morgan fingerprint density at radius 2 is 1.93 bits per heavy atom. The summed E-state index contributed by atoms with van der Waals surface area (Å²) < 4.78 is 7.11. The van der Waals surface area contributed by atoms with E-state index in [9.17, 15) is 4.79 Å². The summed E-state index contributed by atoms with van der Waals surface area (Å²) in [6, 6.07) is 11.5. The number of hydrogen-bond donors (Lipinski definition) is 1. The lowest BCUT2D eigenvalue weighted by atomic mass is 10.2. The highest BCUT2D eigenvalue weighted by Gasteiger charge is 2.17. The van der Waals surface area contributed by atoms with Crippen LogP contribution < -0.4 is 10.2 Å². The molecule has 0 bridgehead atoms. The molecule has 8 heteroatoms. The molecular weight excluding hydrogens is 344 g/mol. The van der Waals surface area contributed by atoms with Crippen molar-refractivity contribution in [2.24, 2.45) is 0 Å². The van der Waals surface area contributed by atoms with Gasteiger partial charge in [0.15, 0.2) is 0 Å². The number of hydrogen-bond acceptors (Lipinski definition) is 6. The first kappa shape index (κ1) is 17.2. The number of ether oxygens (including phenoxy) is 1. The summed E-state index contributed by atoms with van der Waals surface area (Å²) in [4.78, 5) is 23.3. The minimum atomic E-state index is -0.249. The molecule has 1 fully saturated rings. The molecule has 8 nitrogen and oxygen atoms in total. The average molecular weight is 364 g/mol. The van der Waals surface area contributed by atoms with Crippen molar-refractivity contribution in [3.8, 4) is 5.69 Å². The maximum absolute atomic E-state index is 12.7. The first-order chi connectivity index (χ1) is 13.2. The first-order valence-corrected chi connectivity index (χ1v) is 8.78. The van der Waals surface area contributed by atoms with Gasteiger partial charge < -0.3 is 15.0 Å². The van der Waals surface area contributed by atoms with E-state index >= 15 is 0 Å². The molecule has 1 aliphatic rings. The fourth-order valence-corrected chi connectivity index (χ4v) is 3.03. The van der Waals surface area contributed by atoms with E-state index in [4.69, 9.17) is 4.74 Å². The van der Waals surface area contributed by atoms with Gasteiger partial charge >= 0.3 is 0 Å². The highest BCUT2D eigenvalue weighted by Crippen LogP contribution is 2.18. The monoisotopic (exact) mass is 364 g/mol. The lowest BCUT2D eigenvalue weighted by Gasteiger charge is -2.27. The third-order valence-electron chi connectivity index (χ3n) is 4.48. The van der Waals surface area contributed by atoms with Gasteiger partial charge in [0.2, 0.25) is 0 Å². The topological polar surface area (TPSA) is 85.2 Å². The summed E-state index contributed by atoms with van der Waals surface area (Å²) in [7, 11) is 0. The fraction of sp³-hybridized carbons (Fsp3) is 0.263. The van der Waals surface area contributed by atoms with Crippen molar-refractivity contribution >= 4 is 17.5 Å². The number of rotatable bonds is 4. The summed E-state index contributed by atoms with van der Waals surface area (Å²) >= 11 is 0. The van der Waals surface area contributed by atoms with Crippen LogP contribution in [0.5, 0.6) is 0 Å². The third kappa shape index (κ3) is 3.65. The third-order valence-corrected chi connectivity index (χ3v) is 4.48. The normalized spacial score (nSPS) is 14.2. The van der Waals surface area contributed by atoms with E-state index in [1.807, 2.05) is 37.3 Å². The lowest BCUT2D eigenvalue weighted by molar-refractivity contribution is 0.102. The van der Waals surface area contributed by atoms with E-state index in [0.717, 1.165) is 30.3 Å². The summed E-state index contributed by atoms with van der Waals surface area (Å²) in [6.45, 7) is 4.75.